The molecule has 0 aliphatic carbocycles. The van der Waals surface area contributed by atoms with E-state index in [9.17, 15) is 0 Å². The zero-order chi connectivity index (χ0) is 12.1. The van der Waals surface area contributed by atoms with Gasteiger partial charge >= 0.3 is 9.28 Å². The summed E-state index contributed by atoms with van der Waals surface area (Å²) >= 11 is 0. The first-order valence-electron chi connectivity index (χ1n) is 6.10. The van der Waals surface area contributed by atoms with E-state index in [1.54, 1.807) is 0 Å². The average Bonchev–Trinajstić information content (AvgIpc) is 2.00. The predicted octanol–water partition coefficient (Wildman–Crippen LogP) is 3.64. The first kappa shape index (κ1) is 15.1. The van der Waals surface area contributed by atoms with Crippen molar-refractivity contribution in [2.75, 3.05) is 0 Å². The van der Waals surface area contributed by atoms with Gasteiger partial charge in [-0.2, -0.15) is 0 Å². The molecule has 0 radical (unpaired) electrons. The third-order valence-electron chi connectivity index (χ3n) is 2.32. The van der Waals surface area contributed by atoms with Crippen molar-refractivity contribution in [3.63, 3.8) is 0 Å². The molecule has 0 rings (SSSR count). The van der Waals surface area contributed by atoms with Crippen LogP contribution in [-0.2, 0) is 8.85 Å². The van der Waals surface area contributed by atoms with Gasteiger partial charge in [-0.3, -0.25) is 0 Å². The molecule has 0 bridgehead atoms. The molecular weight excluding hydrogens is 204 g/mol. The Kier molecular flexibility index (Phi) is 6.72. The van der Waals surface area contributed by atoms with Gasteiger partial charge in [0.05, 0.1) is 0 Å². The molecule has 15 heavy (non-hydrogen) atoms. The molecule has 0 spiro atoms. The molecule has 0 aliphatic heterocycles. The molecule has 0 amide bonds. The monoisotopic (exact) mass is 232 g/mol. The molecular formula is C12H28O2Si. The van der Waals surface area contributed by atoms with Crippen molar-refractivity contribution >= 4 is 9.28 Å². The van der Waals surface area contributed by atoms with Crippen molar-refractivity contribution < 1.29 is 8.85 Å². The Balaban J connectivity index is 4.45. The van der Waals surface area contributed by atoms with E-state index in [2.05, 4.69) is 48.5 Å². The molecule has 92 valence electrons. The molecule has 0 aromatic rings. The van der Waals surface area contributed by atoms with Crippen molar-refractivity contribution in [3.8, 4) is 0 Å². The maximum atomic E-state index is 6.00. The standard InChI is InChI=1S/C12H28O2Si/c1-8-9-12(6,7)15(13-10(2)3)14-11(4)5/h10-11,15H,8-9H2,1-7H3. The largest absolute Gasteiger partial charge is 0.394 e. The second kappa shape index (κ2) is 6.66. The van der Waals surface area contributed by atoms with Crippen LogP contribution in [0.15, 0.2) is 0 Å². The Hall–Kier alpha value is 0.137. The smallest absolute Gasteiger partial charge is 0.327 e. The van der Waals surface area contributed by atoms with Gasteiger partial charge in [-0.1, -0.05) is 27.2 Å². The van der Waals surface area contributed by atoms with E-state index >= 15 is 0 Å². The lowest BCUT2D eigenvalue weighted by atomic mass is 10.1. The number of hydrogen-bond donors (Lipinski definition) is 0. The lowest BCUT2D eigenvalue weighted by Crippen LogP contribution is -2.38. The first-order valence-corrected chi connectivity index (χ1v) is 7.62. The molecule has 0 aliphatic rings. The molecule has 0 aromatic heterocycles. The van der Waals surface area contributed by atoms with E-state index in [1.807, 2.05) is 0 Å². The van der Waals surface area contributed by atoms with E-state index in [-0.39, 0.29) is 17.2 Å². The fraction of sp³-hybridized carbons (Fsp3) is 1.00. The van der Waals surface area contributed by atoms with E-state index in [0.29, 0.717) is 0 Å². The van der Waals surface area contributed by atoms with Gasteiger partial charge in [-0.05, 0) is 34.1 Å². The van der Waals surface area contributed by atoms with Crippen LogP contribution >= 0.6 is 0 Å². The van der Waals surface area contributed by atoms with Crippen molar-refractivity contribution in [2.24, 2.45) is 0 Å². The van der Waals surface area contributed by atoms with Gasteiger partial charge in [-0.15, -0.1) is 0 Å². The highest BCUT2D eigenvalue weighted by Crippen LogP contribution is 2.36. The Morgan fingerprint density at radius 1 is 1.00 bits per heavy atom. The second-order valence-corrected chi connectivity index (χ2v) is 8.21. The fourth-order valence-electron chi connectivity index (χ4n) is 1.66. The van der Waals surface area contributed by atoms with Gasteiger partial charge < -0.3 is 8.85 Å². The van der Waals surface area contributed by atoms with Crippen LogP contribution in [-0.4, -0.2) is 21.5 Å². The van der Waals surface area contributed by atoms with E-state index in [1.165, 1.54) is 12.8 Å². The van der Waals surface area contributed by atoms with Crippen LogP contribution in [0, 0.1) is 0 Å². The van der Waals surface area contributed by atoms with Gasteiger partial charge in [0.15, 0.2) is 0 Å². The van der Waals surface area contributed by atoms with E-state index < -0.39 is 9.28 Å². The summed E-state index contributed by atoms with van der Waals surface area (Å²) < 4.78 is 12.0. The Morgan fingerprint density at radius 3 is 1.67 bits per heavy atom. The molecule has 2 nitrogen and oxygen atoms in total. The van der Waals surface area contributed by atoms with Crippen LogP contribution in [0.2, 0.25) is 5.04 Å². The van der Waals surface area contributed by atoms with Gasteiger partial charge in [0.2, 0.25) is 0 Å². The third-order valence-corrected chi connectivity index (χ3v) is 5.47. The molecule has 0 N–H and O–H groups in total. The minimum absolute atomic E-state index is 0.225. The summed E-state index contributed by atoms with van der Waals surface area (Å²) in [7, 11) is -1.58. The maximum absolute atomic E-state index is 6.00. The molecule has 3 heteroatoms. The van der Waals surface area contributed by atoms with E-state index in [4.69, 9.17) is 8.85 Å². The summed E-state index contributed by atoms with van der Waals surface area (Å²) in [6.45, 7) is 15.1. The second-order valence-electron chi connectivity index (χ2n) is 5.44. The Labute approximate surface area is 97.2 Å². The van der Waals surface area contributed by atoms with Crippen LogP contribution in [0.3, 0.4) is 0 Å². The molecule has 0 saturated carbocycles. The van der Waals surface area contributed by atoms with Crippen LogP contribution in [0.1, 0.15) is 61.3 Å². The third kappa shape index (κ3) is 6.33. The molecule has 0 unspecified atom stereocenters. The first-order chi connectivity index (χ1) is 6.79. The lowest BCUT2D eigenvalue weighted by molar-refractivity contribution is 0.111. The summed E-state index contributed by atoms with van der Waals surface area (Å²) in [6, 6.07) is 0. The van der Waals surface area contributed by atoms with Crippen molar-refractivity contribution in [1.29, 1.82) is 0 Å². The topological polar surface area (TPSA) is 18.5 Å². The molecule has 0 saturated heterocycles. The van der Waals surface area contributed by atoms with Crippen LogP contribution in [0.5, 0.6) is 0 Å². The highest BCUT2D eigenvalue weighted by molar-refractivity contribution is 6.48. The predicted molar refractivity (Wildman–Crippen MR) is 68.5 cm³/mol. The fourth-order valence-corrected chi connectivity index (χ4v) is 3.97. The lowest BCUT2D eigenvalue weighted by Gasteiger charge is -2.34. The number of rotatable bonds is 7. The van der Waals surface area contributed by atoms with Gasteiger partial charge in [0.1, 0.15) is 0 Å². The van der Waals surface area contributed by atoms with Crippen LogP contribution in [0.25, 0.3) is 0 Å². The quantitative estimate of drug-likeness (QED) is 0.624. The maximum Gasteiger partial charge on any atom is 0.327 e. The number of hydrogen-bond acceptors (Lipinski definition) is 2. The minimum Gasteiger partial charge on any atom is -0.394 e. The van der Waals surface area contributed by atoms with Crippen LogP contribution in [0.4, 0.5) is 0 Å². The van der Waals surface area contributed by atoms with Crippen molar-refractivity contribution in [2.45, 2.75) is 78.6 Å². The summed E-state index contributed by atoms with van der Waals surface area (Å²) in [6.07, 6.45) is 2.93. The Morgan fingerprint density at radius 2 is 1.40 bits per heavy atom. The summed E-state index contributed by atoms with van der Waals surface area (Å²) in [5, 5.41) is 0.225. The van der Waals surface area contributed by atoms with E-state index in [0.717, 1.165) is 0 Å². The highest BCUT2D eigenvalue weighted by atomic mass is 28.3. The van der Waals surface area contributed by atoms with Gasteiger partial charge in [0.25, 0.3) is 0 Å². The zero-order valence-electron chi connectivity index (χ0n) is 11.5. The summed E-state index contributed by atoms with van der Waals surface area (Å²) in [5.74, 6) is 0. The van der Waals surface area contributed by atoms with Gasteiger partial charge in [-0.25, -0.2) is 0 Å². The molecule has 0 aromatic carbocycles. The van der Waals surface area contributed by atoms with Crippen LogP contribution < -0.4 is 0 Å². The molecule has 0 heterocycles. The minimum atomic E-state index is -1.58. The Bertz CT molecular complexity index is 157. The zero-order valence-corrected chi connectivity index (χ0v) is 12.6. The summed E-state index contributed by atoms with van der Waals surface area (Å²) in [5.41, 5.74) is 0. The molecule has 0 fully saturated rings. The summed E-state index contributed by atoms with van der Waals surface area (Å²) in [4.78, 5) is 0. The average molecular weight is 232 g/mol. The molecule has 0 atom stereocenters. The SMILES string of the molecule is CCCC(C)(C)[SiH](OC(C)C)OC(C)C. The normalized spacial score (nSPS) is 13.2. The van der Waals surface area contributed by atoms with Crippen molar-refractivity contribution in [3.05, 3.63) is 0 Å². The van der Waals surface area contributed by atoms with Gasteiger partial charge in [0, 0.05) is 17.2 Å². The highest BCUT2D eigenvalue weighted by Gasteiger charge is 2.35. The van der Waals surface area contributed by atoms with Crippen molar-refractivity contribution in [1.82, 2.24) is 0 Å².